The number of anilines is 1. The number of aliphatic hydroxyl groups is 1. The topological polar surface area (TPSA) is 99.6 Å². The van der Waals surface area contributed by atoms with Crippen molar-refractivity contribution in [1.29, 1.82) is 0 Å². The SMILES string of the molecule is CCOc1ccc(C(O)=C2C(=O)C(=O)N(CCCN3CCOCC3)C23C(=O)N(C)c2ccccc23)cc1. The molecule has 1 unspecified atom stereocenters. The lowest BCUT2D eigenvalue weighted by Gasteiger charge is -2.35. The first-order valence-corrected chi connectivity index (χ1v) is 12.6. The fourth-order valence-corrected chi connectivity index (χ4v) is 5.57. The van der Waals surface area contributed by atoms with E-state index >= 15 is 0 Å². The summed E-state index contributed by atoms with van der Waals surface area (Å²) in [6.45, 7) is 6.16. The zero-order valence-electron chi connectivity index (χ0n) is 21.1. The molecular weight excluding hydrogens is 474 g/mol. The fraction of sp³-hybridized carbons (Fsp3) is 0.393. The number of nitrogens with zero attached hydrogens (tertiary/aromatic N) is 3. The molecule has 2 saturated heterocycles. The smallest absolute Gasteiger partial charge is 0.296 e. The minimum Gasteiger partial charge on any atom is -0.507 e. The van der Waals surface area contributed by atoms with Crippen LogP contribution < -0.4 is 9.64 Å². The maximum Gasteiger partial charge on any atom is 0.296 e. The Morgan fingerprint density at radius 3 is 2.43 bits per heavy atom. The number of para-hydroxylation sites is 1. The quantitative estimate of drug-likeness (QED) is 0.350. The van der Waals surface area contributed by atoms with E-state index in [4.69, 9.17) is 9.47 Å². The average molecular weight is 506 g/mol. The van der Waals surface area contributed by atoms with E-state index in [-0.39, 0.29) is 17.9 Å². The average Bonchev–Trinajstić information content (AvgIpc) is 3.28. The zero-order valence-corrected chi connectivity index (χ0v) is 21.1. The molecule has 3 aliphatic rings. The fourth-order valence-electron chi connectivity index (χ4n) is 5.57. The van der Waals surface area contributed by atoms with Crippen LogP contribution in [0, 0.1) is 0 Å². The van der Waals surface area contributed by atoms with Crippen LogP contribution in [-0.4, -0.2) is 85.6 Å². The van der Waals surface area contributed by atoms with E-state index in [1.165, 1.54) is 9.80 Å². The first-order chi connectivity index (χ1) is 17.9. The maximum atomic E-state index is 14.0. The highest BCUT2D eigenvalue weighted by Crippen LogP contribution is 2.53. The summed E-state index contributed by atoms with van der Waals surface area (Å²) < 4.78 is 10.9. The summed E-state index contributed by atoms with van der Waals surface area (Å²) in [6, 6.07) is 13.7. The van der Waals surface area contributed by atoms with Crippen LogP contribution in [0.5, 0.6) is 5.75 Å². The minimum atomic E-state index is -1.73. The molecule has 2 fully saturated rings. The van der Waals surface area contributed by atoms with Crippen molar-refractivity contribution in [3.05, 3.63) is 65.2 Å². The van der Waals surface area contributed by atoms with Gasteiger partial charge in [0.15, 0.2) is 5.54 Å². The normalized spacial score (nSPS) is 23.2. The molecule has 9 heteroatoms. The number of likely N-dealkylation sites (N-methyl/N-ethyl adjacent to an activating group) is 1. The number of fused-ring (bicyclic) bond motifs is 2. The molecule has 2 aromatic rings. The molecule has 0 radical (unpaired) electrons. The minimum absolute atomic E-state index is 0.190. The van der Waals surface area contributed by atoms with Gasteiger partial charge >= 0.3 is 0 Å². The van der Waals surface area contributed by atoms with Crippen LogP contribution in [0.15, 0.2) is 54.1 Å². The predicted molar refractivity (Wildman–Crippen MR) is 137 cm³/mol. The Morgan fingerprint density at radius 1 is 1.03 bits per heavy atom. The molecule has 5 rings (SSSR count). The Hall–Kier alpha value is -3.69. The molecule has 0 saturated carbocycles. The third kappa shape index (κ3) is 3.98. The van der Waals surface area contributed by atoms with Gasteiger partial charge in [-0.05, 0) is 43.7 Å². The van der Waals surface area contributed by atoms with Crippen molar-refractivity contribution in [2.45, 2.75) is 18.9 Å². The number of benzene rings is 2. The number of likely N-dealkylation sites (tertiary alicyclic amines) is 1. The largest absolute Gasteiger partial charge is 0.507 e. The van der Waals surface area contributed by atoms with Gasteiger partial charge in [-0.1, -0.05) is 18.2 Å². The van der Waals surface area contributed by atoms with Gasteiger partial charge in [-0.3, -0.25) is 19.3 Å². The number of carbonyl (C=O) groups excluding carboxylic acids is 3. The lowest BCUT2D eigenvalue weighted by Crippen LogP contribution is -2.52. The Bertz CT molecular complexity index is 1250. The van der Waals surface area contributed by atoms with Crippen LogP contribution in [0.25, 0.3) is 5.76 Å². The van der Waals surface area contributed by atoms with Gasteiger partial charge in [-0.2, -0.15) is 0 Å². The van der Waals surface area contributed by atoms with Gasteiger partial charge in [0.05, 0.1) is 25.4 Å². The summed E-state index contributed by atoms with van der Waals surface area (Å²) in [5.74, 6) is -1.86. The third-order valence-corrected chi connectivity index (χ3v) is 7.34. The van der Waals surface area contributed by atoms with Crippen LogP contribution in [-0.2, 0) is 24.7 Å². The molecule has 0 aliphatic carbocycles. The Balaban J connectivity index is 1.60. The van der Waals surface area contributed by atoms with E-state index in [1.54, 1.807) is 55.6 Å². The second-order valence-corrected chi connectivity index (χ2v) is 9.37. The Morgan fingerprint density at radius 2 is 1.73 bits per heavy atom. The van der Waals surface area contributed by atoms with Crippen LogP contribution in [0.1, 0.15) is 24.5 Å². The molecule has 0 aromatic heterocycles. The van der Waals surface area contributed by atoms with Gasteiger partial charge in [-0.25, -0.2) is 0 Å². The first kappa shape index (κ1) is 25.0. The van der Waals surface area contributed by atoms with E-state index in [0.29, 0.717) is 55.4 Å². The van der Waals surface area contributed by atoms with Crippen molar-refractivity contribution in [2.75, 3.05) is 57.9 Å². The van der Waals surface area contributed by atoms with E-state index in [0.717, 1.165) is 13.1 Å². The molecule has 3 heterocycles. The highest BCUT2D eigenvalue weighted by Gasteiger charge is 2.66. The molecule has 3 aliphatic heterocycles. The summed E-state index contributed by atoms with van der Waals surface area (Å²) in [5, 5.41) is 11.5. The second-order valence-electron chi connectivity index (χ2n) is 9.37. The molecule has 1 N–H and O–H groups in total. The molecule has 0 bridgehead atoms. The maximum absolute atomic E-state index is 14.0. The van der Waals surface area contributed by atoms with Crippen molar-refractivity contribution < 1.29 is 29.0 Å². The number of ketones is 1. The number of hydrogen-bond donors (Lipinski definition) is 1. The number of amides is 2. The predicted octanol–water partition coefficient (Wildman–Crippen LogP) is 2.36. The molecular formula is C28H31N3O6. The van der Waals surface area contributed by atoms with Gasteiger partial charge in [0.25, 0.3) is 17.6 Å². The highest BCUT2D eigenvalue weighted by molar-refractivity contribution is 6.50. The summed E-state index contributed by atoms with van der Waals surface area (Å²) in [7, 11) is 1.63. The van der Waals surface area contributed by atoms with E-state index in [9.17, 15) is 19.5 Å². The number of rotatable bonds is 7. The van der Waals surface area contributed by atoms with E-state index in [1.807, 2.05) is 6.92 Å². The molecule has 37 heavy (non-hydrogen) atoms. The van der Waals surface area contributed by atoms with Crippen molar-refractivity contribution in [1.82, 2.24) is 9.80 Å². The van der Waals surface area contributed by atoms with Crippen molar-refractivity contribution in [3.8, 4) is 5.75 Å². The highest BCUT2D eigenvalue weighted by atomic mass is 16.5. The van der Waals surface area contributed by atoms with Gasteiger partial charge < -0.3 is 24.4 Å². The molecule has 2 aromatic carbocycles. The van der Waals surface area contributed by atoms with Crippen molar-refractivity contribution in [3.63, 3.8) is 0 Å². The number of morpholine rings is 1. The zero-order chi connectivity index (χ0) is 26.2. The summed E-state index contributed by atoms with van der Waals surface area (Å²) >= 11 is 0. The van der Waals surface area contributed by atoms with Crippen LogP contribution in [0.3, 0.4) is 0 Å². The van der Waals surface area contributed by atoms with Crippen LogP contribution in [0.2, 0.25) is 0 Å². The van der Waals surface area contributed by atoms with Crippen molar-refractivity contribution >= 4 is 29.0 Å². The Kier molecular flexibility index (Phi) is 6.74. The molecule has 9 nitrogen and oxygen atoms in total. The Labute approximate surface area is 215 Å². The van der Waals surface area contributed by atoms with Crippen LogP contribution >= 0.6 is 0 Å². The van der Waals surface area contributed by atoms with E-state index in [2.05, 4.69) is 4.90 Å². The molecule has 1 atom stereocenters. The van der Waals surface area contributed by atoms with Crippen molar-refractivity contribution in [2.24, 2.45) is 0 Å². The number of carbonyl (C=O) groups is 3. The lowest BCUT2D eigenvalue weighted by molar-refractivity contribution is -0.143. The van der Waals surface area contributed by atoms with Gasteiger partial charge in [-0.15, -0.1) is 0 Å². The molecule has 194 valence electrons. The van der Waals surface area contributed by atoms with Gasteiger partial charge in [0.2, 0.25) is 0 Å². The van der Waals surface area contributed by atoms with Crippen LogP contribution in [0.4, 0.5) is 5.69 Å². The number of Topliss-reactive ketones (excluding diaryl/α,β-unsaturated/α-hetero) is 1. The van der Waals surface area contributed by atoms with E-state index < -0.39 is 23.1 Å². The summed E-state index contributed by atoms with van der Waals surface area (Å²) in [5.41, 5.74) is -0.484. The monoisotopic (exact) mass is 505 g/mol. The number of aliphatic hydroxyl groups excluding tert-OH is 1. The number of hydrogen-bond acceptors (Lipinski definition) is 7. The standard InChI is InChI=1S/C28H31N3O6/c1-3-37-20-11-9-19(10-12-20)24(32)23-25(33)26(34)31(14-6-13-30-15-17-36-18-16-30)28(23)21-7-4-5-8-22(21)29(2)27(28)35/h4-5,7-12,32H,3,6,13-18H2,1-2H3. The summed E-state index contributed by atoms with van der Waals surface area (Å²) in [4.78, 5) is 46.1. The summed E-state index contributed by atoms with van der Waals surface area (Å²) in [6.07, 6.45) is 0.566. The molecule has 1 spiro atoms. The molecule has 2 amide bonds. The lowest BCUT2D eigenvalue weighted by atomic mass is 9.82. The third-order valence-electron chi connectivity index (χ3n) is 7.34. The second kappa shape index (κ2) is 9.99. The first-order valence-electron chi connectivity index (χ1n) is 12.6. The van der Waals surface area contributed by atoms with Gasteiger partial charge in [0.1, 0.15) is 11.5 Å². The number of ether oxygens (including phenoxy) is 2. The van der Waals surface area contributed by atoms with Gasteiger partial charge in [0, 0.05) is 50.0 Å².